The van der Waals surface area contributed by atoms with E-state index in [2.05, 4.69) is 38.5 Å². The van der Waals surface area contributed by atoms with E-state index in [1.165, 1.54) is 0 Å². The molecule has 4 nitrogen and oxygen atoms in total. The smallest absolute Gasteiger partial charge is 0.242 e. The monoisotopic (exact) mass is 311 g/mol. The molecule has 0 spiro atoms. The van der Waals surface area contributed by atoms with E-state index in [0.29, 0.717) is 11.7 Å². The first kappa shape index (κ1) is 13.5. The summed E-state index contributed by atoms with van der Waals surface area (Å²) >= 11 is 3.38. The molecular formula is C13H18BrN3O. The summed E-state index contributed by atoms with van der Waals surface area (Å²) in [7, 11) is 0. The second kappa shape index (κ2) is 6.29. The molecule has 1 aromatic rings. The summed E-state index contributed by atoms with van der Waals surface area (Å²) in [5, 5.41) is 6.13. The van der Waals surface area contributed by atoms with Gasteiger partial charge in [0.05, 0.1) is 10.5 Å². The van der Waals surface area contributed by atoms with Gasteiger partial charge in [-0.1, -0.05) is 13.3 Å². The Morgan fingerprint density at radius 2 is 2.50 bits per heavy atom. The summed E-state index contributed by atoms with van der Waals surface area (Å²) in [5.41, 5.74) is 0. The standard InChI is InChI=1S/C13H18BrN3O/c1-2-9-5-7-15-11(8-9)13(18)17-12-10(14)4-3-6-16-12/h3-4,6,9,11,15H,2,5,7-8H2,1H3,(H,16,17,18). The van der Waals surface area contributed by atoms with E-state index < -0.39 is 0 Å². The number of halogens is 1. The second-order valence-corrected chi connectivity index (χ2v) is 5.48. The second-order valence-electron chi connectivity index (χ2n) is 4.63. The molecule has 0 saturated carbocycles. The number of anilines is 1. The van der Waals surface area contributed by atoms with Gasteiger partial charge in [0.25, 0.3) is 0 Å². The zero-order valence-corrected chi connectivity index (χ0v) is 12.0. The molecule has 2 atom stereocenters. The van der Waals surface area contributed by atoms with Gasteiger partial charge in [0.1, 0.15) is 5.82 Å². The number of rotatable bonds is 3. The van der Waals surface area contributed by atoms with Crippen molar-refractivity contribution in [2.45, 2.75) is 32.2 Å². The van der Waals surface area contributed by atoms with E-state index in [0.717, 1.165) is 30.3 Å². The van der Waals surface area contributed by atoms with Crippen molar-refractivity contribution < 1.29 is 4.79 Å². The van der Waals surface area contributed by atoms with Crippen LogP contribution in [0.15, 0.2) is 22.8 Å². The zero-order valence-electron chi connectivity index (χ0n) is 10.4. The maximum Gasteiger partial charge on any atom is 0.242 e. The van der Waals surface area contributed by atoms with E-state index in [9.17, 15) is 4.79 Å². The highest BCUT2D eigenvalue weighted by molar-refractivity contribution is 9.10. The van der Waals surface area contributed by atoms with Crippen molar-refractivity contribution in [3.63, 3.8) is 0 Å². The van der Waals surface area contributed by atoms with E-state index in [1.54, 1.807) is 6.20 Å². The molecule has 1 saturated heterocycles. The summed E-state index contributed by atoms with van der Waals surface area (Å²) < 4.78 is 0.807. The largest absolute Gasteiger partial charge is 0.308 e. The normalized spacial score (nSPS) is 23.7. The highest BCUT2D eigenvalue weighted by Crippen LogP contribution is 2.22. The Balaban J connectivity index is 1.97. The third-order valence-electron chi connectivity index (χ3n) is 3.41. The van der Waals surface area contributed by atoms with E-state index >= 15 is 0 Å². The average molecular weight is 312 g/mol. The first-order chi connectivity index (χ1) is 8.70. The number of carbonyl (C=O) groups excluding carboxylic acids is 1. The van der Waals surface area contributed by atoms with Crippen LogP contribution >= 0.6 is 15.9 Å². The summed E-state index contributed by atoms with van der Waals surface area (Å²) in [6, 6.07) is 3.59. The molecule has 2 unspecified atom stereocenters. The fraction of sp³-hybridized carbons (Fsp3) is 0.538. The van der Waals surface area contributed by atoms with Gasteiger partial charge in [-0.05, 0) is 53.4 Å². The fourth-order valence-electron chi connectivity index (χ4n) is 2.25. The lowest BCUT2D eigenvalue weighted by molar-refractivity contribution is -0.119. The van der Waals surface area contributed by atoms with Gasteiger partial charge < -0.3 is 10.6 Å². The Hall–Kier alpha value is -0.940. The Morgan fingerprint density at radius 3 is 3.22 bits per heavy atom. The quantitative estimate of drug-likeness (QED) is 0.902. The van der Waals surface area contributed by atoms with Crippen LogP contribution in [0.1, 0.15) is 26.2 Å². The van der Waals surface area contributed by atoms with Crippen molar-refractivity contribution in [2.75, 3.05) is 11.9 Å². The number of pyridine rings is 1. The molecule has 18 heavy (non-hydrogen) atoms. The summed E-state index contributed by atoms with van der Waals surface area (Å²) in [4.78, 5) is 16.3. The minimum absolute atomic E-state index is 0.00699. The van der Waals surface area contributed by atoms with Crippen molar-refractivity contribution in [3.8, 4) is 0 Å². The van der Waals surface area contributed by atoms with Gasteiger partial charge in [-0.2, -0.15) is 0 Å². The molecule has 0 radical (unpaired) electrons. The van der Waals surface area contributed by atoms with Gasteiger partial charge in [-0.25, -0.2) is 4.98 Å². The van der Waals surface area contributed by atoms with Crippen LogP contribution in [0.3, 0.4) is 0 Å². The van der Waals surface area contributed by atoms with Crippen LogP contribution in [0, 0.1) is 5.92 Å². The number of hydrogen-bond donors (Lipinski definition) is 2. The number of aromatic nitrogens is 1. The van der Waals surface area contributed by atoms with Gasteiger partial charge in [-0.15, -0.1) is 0 Å². The number of piperidine rings is 1. The van der Waals surface area contributed by atoms with Gasteiger partial charge in [-0.3, -0.25) is 4.79 Å². The Kier molecular flexibility index (Phi) is 4.72. The number of hydrogen-bond acceptors (Lipinski definition) is 3. The first-order valence-corrected chi connectivity index (χ1v) is 7.14. The molecule has 1 aliphatic heterocycles. The molecule has 5 heteroatoms. The Bertz CT molecular complexity index is 424. The van der Waals surface area contributed by atoms with Crippen LogP contribution in [0.25, 0.3) is 0 Å². The third kappa shape index (κ3) is 3.29. The minimum Gasteiger partial charge on any atom is -0.308 e. The molecule has 2 rings (SSSR count). The molecule has 0 bridgehead atoms. The van der Waals surface area contributed by atoms with Crippen LogP contribution in [0.4, 0.5) is 5.82 Å². The Labute approximate surface area is 116 Å². The van der Waals surface area contributed by atoms with Crippen molar-refractivity contribution in [2.24, 2.45) is 5.92 Å². The van der Waals surface area contributed by atoms with Gasteiger partial charge >= 0.3 is 0 Å². The Morgan fingerprint density at radius 1 is 1.67 bits per heavy atom. The van der Waals surface area contributed by atoms with Crippen LogP contribution in [0.2, 0.25) is 0 Å². The average Bonchev–Trinajstić information content (AvgIpc) is 2.41. The number of nitrogens with zero attached hydrogens (tertiary/aromatic N) is 1. The van der Waals surface area contributed by atoms with E-state index in [1.807, 2.05) is 12.1 Å². The van der Waals surface area contributed by atoms with Crippen LogP contribution in [0.5, 0.6) is 0 Å². The first-order valence-electron chi connectivity index (χ1n) is 6.35. The topological polar surface area (TPSA) is 54.0 Å². The van der Waals surface area contributed by atoms with Crippen molar-refractivity contribution >= 4 is 27.7 Å². The van der Waals surface area contributed by atoms with Crippen molar-refractivity contribution in [1.82, 2.24) is 10.3 Å². The predicted octanol–water partition coefficient (Wildman–Crippen LogP) is 2.56. The van der Waals surface area contributed by atoms with E-state index in [-0.39, 0.29) is 11.9 Å². The predicted molar refractivity (Wildman–Crippen MR) is 75.4 cm³/mol. The molecular weight excluding hydrogens is 294 g/mol. The molecule has 1 fully saturated rings. The molecule has 98 valence electrons. The van der Waals surface area contributed by atoms with Gasteiger partial charge in [0.2, 0.25) is 5.91 Å². The summed E-state index contributed by atoms with van der Waals surface area (Å²) in [6.07, 6.45) is 4.88. The van der Waals surface area contributed by atoms with Crippen LogP contribution in [-0.4, -0.2) is 23.5 Å². The van der Waals surface area contributed by atoms with Crippen molar-refractivity contribution in [1.29, 1.82) is 0 Å². The lowest BCUT2D eigenvalue weighted by Crippen LogP contribution is -2.46. The maximum atomic E-state index is 12.1. The van der Waals surface area contributed by atoms with Gasteiger partial charge in [0.15, 0.2) is 0 Å². The SMILES string of the molecule is CCC1CCNC(C(=O)Nc2ncccc2Br)C1. The van der Waals surface area contributed by atoms with Crippen LogP contribution in [-0.2, 0) is 4.79 Å². The lowest BCUT2D eigenvalue weighted by Gasteiger charge is -2.28. The number of carbonyl (C=O) groups is 1. The summed E-state index contributed by atoms with van der Waals surface area (Å²) in [6.45, 7) is 3.10. The highest BCUT2D eigenvalue weighted by atomic mass is 79.9. The maximum absolute atomic E-state index is 12.1. The molecule has 2 heterocycles. The molecule has 1 aliphatic rings. The molecule has 1 aromatic heterocycles. The molecule has 2 N–H and O–H groups in total. The lowest BCUT2D eigenvalue weighted by atomic mass is 9.90. The number of nitrogens with one attached hydrogen (secondary N) is 2. The zero-order chi connectivity index (χ0) is 13.0. The number of amides is 1. The fourth-order valence-corrected chi connectivity index (χ4v) is 2.60. The van der Waals surface area contributed by atoms with E-state index in [4.69, 9.17) is 0 Å². The summed E-state index contributed by atoms with van der Waals surface area (Å²) in [5.74, 6) is 1.24. The van der Waals surface area contributed by atoms with Crippen LogP contribution < -0.4 is 10.6 Å². The third-order valence-corrected chi connectivity index (χ3v) is 4.05. The van der Waals surface area contributed by atoms with Gasteiger partial charge in [0, 0.05) is 6.20 Å². The molecule has 1 amide bonds. The highest BCUT2D eigenvalue weighted by Gasteiger charge is 2.26. The molecule has 0 aromatic carbocycles. The van der Waals surface area contributed by atoms with Crippen molar-refractivity contribution in [3.05, 3.63) is 22.8 Å². The minimum atomic E-state index is -0.0994. The molecule has 0 aliphatic carbocycles.